The summed E-state index contributed by atoms with van der Waals surface area (Å²) in [7, 11) is 0. The maximum atomic E-state index is 12.9. The second-order valence-electron chi connectivity index (χ2n) is 5.78. The van der Waals surface area contributed by atoms with Crippen molar-refractivity contribution < 1.29 is 18.8 Å². The Morgan fingerprint density at radius 3 is 2.64 bits per heavy atom. The molecule has 1 aromatic carbocycles. The van der Waals surface area contributed by atoms with Crippen molar-refractivity contribution in [3.8, 4) is 11.3 Å². The first kappa shape index (κ1) is 16.2. The van der Waals surface area contributed by atoms with E-state index < -0.39 is 11.5 Å². The lowest BCUT2D eigenvalue weighted by Gasteiger charge is -2.27. The molecule has 0 radical (unpaired) electrons. The first-order chi connectivity index (χ1) is 10.3. The van der Waals surface area contributed by atoms with Gasteiger partial charge in [-0.3, -0.25) is 4.79 Å². The van der Waals surface area contributed by atoms with E-state index in [0.717, 1.165) is 0 Å². The average molecular weight is 306 g/mol. The Hall–Kier alpha value is -2.21. The van der Waals surface area contributed by atoms with Crippen molar-refractivity contribution in [3.05, 3.63) is 41.8 Å². The van der Waals surface area contributed by atoms with Gasteiger partial charge in [0.2, 0.25) is 0 Å². The summed E-state index contributed by atoms with van der Waals surface area (Å²) in [6.07, 6.45) is 0. The molecule has 118 valence electrons. The molecule has 5 nitrogen and oxygen atoms in total. The number of halogens is 1. The molecule has 0 aliphatic rings. The van der Waals surface area contributed by atoms with Gasteiger partial charge in [-0.05, 0) is 37.1 Å². The second kappa shape index (κ2) is 6.27. The molecule has 2 aromatic rings. The van der Waals surface area contributed by atoms with E-state index in [1.165, 1.54) is 18.2 Å². The van der Waals surface area contributed by atoms with Crippen molar-refractivity contribution in [2.75, 3.05) is 6.54 Å². The van der Waals surface area contributed by atoms with E-state index >= 15 is 0 Å². The van der Waals surface area contributed by atoms with E-state index in [1.807, 2.05) is 13.8 Å². The van der Waals surface area contributed by atoms with Crippen LogP contribution < -0.4 is 5.32 Å². The smallest absolute Gasteiger partial charge is 0.273 e. The summed E-state index contributed by atoms with van der Waals surface area (Å²) in [6, 6.07) is 7.17. The highest BCUT2D eigenvalue weighted by Gasteiger charge is 2.26. The zero-order valence-electron chi connectivity index (χ0n) is 12.8. The van der Waals surface area contributed by atoms with E-state index in [4.69, 9.17) is 4.52 Å². The normalized spacial score (nSPS) is 13.9. The highest BCUT2D eigenvalue weighted by molar-refractivity contribution is 5.93. The van der Waals surface area contributed by atoms with Crippen molar-refractivity contribution in [3.63, 3.8) is 0 Å². The Kier molecular flexibility index (Phi) is 4.61. The van der Waals surface area contributed by atoms with E-state index in [0.29, 0.717) is 11.3 Å². The van der Waals surface area contributed by atoms with Crippen molar-refractivity contribution >= 4 is 5.91 Å². The SMILES string of the molecule is CC(C)C(C)(O)CNC(=O)c1cc(-c2ccc(F)cc2)on1. The molecule has 0 saturated carbocycles. The summed E-state index contributed by atoms with van der Waals surface area (Å²) in [6.45, 7) is 5.51. The number of nitrogens with one attached hydrogen (secondary N) is 1. The Balaban J connectivity index is 2.05. The van der Waals surface area contributed by atoms with Crippen LogP contribution in [0.1, 0.15) is 31.3 Å². The number of carbonyl (C=O) groups is 1. The summed E-state index contributed by atoms with van der Waals surface area (Å²) in [5, 5.41) is 16.4. The third kappa shape index (κ3) is 3.71. The molecule has 22 heavy (non-hydrogen) atoms. The zero-order chi connectivity index (χ0) is 16.3. The van der Waals surface area contributed by atoms with Gasteiger partial charge in [-0.25, -0.2) is 4.39 Å². The molecule has 1 aromatic heterocycles. The number of benzene rings is 1. The van der Waals surface area contributed by atoms with Crippen molar-refractivity contribution in [1.29, 1.82) is 0 Å². The fraction of sp³-hybridized carbons (Fsp3) is 0.375. The van der Waals surface area contributed by atoms with E-state index in [-0.39, 0.29) is 24.0 Å². The minimum atomic E-state index is -1.00. The number of amides is 1. The van der Waals surface area contributed by atoms with Crippen molar-refractivity contribution in [2.45, 2.75) is 26.4 Å². The molecular formula is C16H19FN2O3. The predicted octanol–water partition coefficient (Wildman–Crippen LogP) is 2.62. The molecule has 2 rings (SSSR count). The number of rotatable bonds is 5. The van der Waals surface area contributed by atoms with Crippen LogP contribution in [0, 0.1) is 11.7 Å². The van der Waals surface area contributed by atoms with Gasteiger partial charge >= 0.3 is 0 Å². The average Bonchev–Trinajstić information content (AvgIpc) is 2.95. The van der Waals surface area contributed by atoms with Crippen molar-refractivity contribution in [2.24, 2.45) is 5.92 Å². The van der Waals surface area contributed by atoms with Gasteiger partial charge in [0.15, 0.2) is 11.5 Å². The predicted molar refractivity (Wildman–Crippen MR) is 79.7 cm³/mol. The summed E-state index contributed by atoms with van der Waals surface area (Å²) in [4.78, 5) is 12.0. The lowest BCUT2D eigenvalue weighted by Crippen LogP contribution is -2.44. The molecule has 0 saturated heterocycles. The Bertz CT molecular complexity index is 648. The van der Waals surface area contributed by atoms with Crippen LogP contribution in [-0.4, -0.2) is 28.3 Å². The lowest BCUT2D eigenvalue weighted by atomic mass is 9.92. The van der Waals surface area contributed by atoms with Crippen LogP contribution in [0.15, 0.2) is 34.9 Å². The molecule has 0 aliphatic heterocycles. The monoisotopic (exact) mass is 306 g/mol. The minimum Gasteiger partial charge on any atom is -0.388 e. The van der Waals surface area contributed by atoms with Crippen LogP contribution in [-0.2, 0) is 0 Å². The molecule has 1 heterocycles. The van der Waals surface area contributed by atoms with Gasteiger partial charge in [0.05, 0.1) is 5.60 Å². The second-order valence-corrected chi connectivity index (χ2v) is 5.78. The fourth-order valence-electron chi connectivity index (χ4n) is 1.69. The Labute approximate surface area is 128 Å². The Morgan fingerprint density at radius 2 is 2.05 bits per heavy atom. The van der Waals surface area contributed by atoms with E-state index in [9.17, 15) is 14.3 Å². The summed E-state index contributed by atoms with van der Waals surface area (Å²) >= 11 is 0. The first-order valence-electron chi connectivity index (χ1n) is 7.03. The quantitative estimate of drug-likeness (QED) is 0.890. The summed E-state index contributed by atoms with van der Waals surface area (Å²) < 4.78 is 18.0. The van der Waals surface area contributed by atoms with Gasteiger partial charge in [0, 0.05) is 18.2 Å². The highest BCUT2D eigenvalue weighted by Crippen LogP contribution is 2.21. The molecule has 1 atom stereocenters. The van der Waals surface area contributed by atoms with Gasteiger partial charge in [-0.15, -0.1) is 0 Å². The topological polar surface area (TPSA) is 75.4 Å². The molecule has 0 spiro atoms. The maximum absolute atomic E-state index is 12.9. The number of aromatic nitrogens is 1. The summed E-state index contributed by atoms with van der Waals surface area (Å²) in [5.41, 5.74) is -0.264. The van der Waals surface area contributed by atoms with Crippen LogP contribution in [0.2, 0.25) is 0 Å². The minimum absolute atomic E-state index is 0.000106. The maximum Gasteiger partial charge on any atom is 0.273 e. The number of aliphatic hydroxyl groups is 1. The van der Waals surface area contributed by atoms with Crippen LogP contribution in [0.3, 0.4) is 0 Å². The number of hydrogen-bond acceptors (Lipinski definition) is 4. The molecule has 0 bridgehead atoms. The van der Waals surface area contributed by atoms with Crippen LogP contribution >= 0.6 is 0 Å². The molecule has 2 N–H and O–H groups in total. The molecule has 0 fully saturated rings. The van der Waals surface area contributed by atoms with Gasteiger partial charge in [-0.1, -0.05) is 19.0 Å². The summed E-state index contributed by atoms with van der Waals surface area (Å²) in [5.74, 6) is -0.407. The first-order valence-corrected chi connectivity index (χ1v) is 7.03. The van der Waals surface area contributed by atoms with Gasteiger partial charge < -0.3 is 14.9 Å². The third-order valence-corrected chi connectivity index (χ3v) is 3.72. The van der Waals surface area contributed by atoms with Crippen molar-refractivity contribution in [1.82, 2.24) is 10.5 Å². The molecule has 1 unspecified atom stereocenters. The van der Waals surface area contributed by atoms with Crippen LogP contribution in [0.25, 0.3) is 11.3 Å². The zero-order valence-corrected chi connectivity index (χ0v) is 12.8. The van der Waals surface area contributed by atoms with E-state index in [1.54, 1.807) is 19.1 Å². The number of nitrogens with zero attached hydrogens (tertiary/aromatic N) is 1. The van der Waals surface area contributed by atoms with Crippen LogP contribution in [0.4, 0.5) is 4.39 Å². The number of carbonyl (C=O) groups excluding carboxylic acids is 1. The van der Waals surface area contributed by atoms with E-state index in [2.05, 4.69) is 10.5 Å². The highest BCUT2D eigenvalue weighted by atomic mass is 19.1. The van der Waals surface area contributed by atoms with Crippen LogP contribution in [0.5, 0.6) is 0 Å². The molecule has 1 amide bonds. The Morgan fingerprint density at radius 1 is 1.41 bits per heavy atom. The number of hydrogen-bond donors (Lipinski definition) is 2. The lowest BCUT2D eigenvalue weighted by molar-refractivity contribution is 0.0141. The molecule has 6 heteroatoms. The van der Waals surface area contributed by atoms with Gasteiger partial charge in [0.1, 0.15) is 5.82 Å². The fourth-order valence-corrected chi connectivity index (χ4v) is 1.69. The van der Waals surface area contributed by atoms with Gasteiger partial charge in [-0.2, -0.15) is 0 Å². The molecule has 0 aliphatic carbocycles. The standard InChI is InChI=1S/C16H19FN2O3/c1-10(2)16(3,21)9-18-15(20)13-8-14(22-19-13)11-4-6-12(17)7-5-11/h4-8,10,21H,9H2,1-3H3,(H,18,20). The third-order valence-electron chi connectivity index (χ3n) is 3.72. The molecular weight excluding hydrogens is 287 g/mol. The van der Waals surface area contributed by atoms with Gasteiger partial charge in [0.25, 0.3) is 5.91 Å². The largest absolute Gasteiger partial charge is 0.388 e.